The maximum absolute atomic E-state index is 12.4. The molecular weight excluding hydrogens is 425 g/mol. The third-order valence-electron chi connectivity index (χ3n) is 3.70. The molecule has 0 aromatic heterocycles. The molecule has 0 unspecified atom stereocenters. The van der Waals surface area contributed by atoms with Crippen molar-refractivity contribution in [3.8, 4) is 0 Å². The molecule has 24 heavy (non-hydrogen) atoms. The Balaban J connectivity index is 0.00000264. The quantitative estimate of drug-likeness (QED) is 0.459. The molecule has 1 heterocycles. The molecule has 1 aromatic carbocycles. The first kappa shape index (κ1) is 23.8. The van der Waals surface area contributed by atoms with Crippen LogP contribution in [0.15, 0.2) is 28.7 Å². The average Bonchev–Trinajstić information content (AvgIpc) is 2.50. The van der Waals surface area contributed by atoms with Crippen molar-refractivity contribution < 1.29 is 29.7 Å². The smallest absolute Gasteiger partial charge is 0.870 e. The summed E-state index contributed by atoms with van der Waals surface area (Å²) in [5, 5.41) is 10.2. The molecule has 1 fully saturated rings. The summed E-state index contributed by atoms with van der Waals surface area (Å²) in [6.07, 6.45) is 0. The number of nitrogens with zero attached hydrogens (tertiary/aromatic N) is 1. The van der Waals surface area contributed by atoms with E-state index in [2.05, 4.69) is 36.8 Å². The minimum atomic E-state index is 0. The number of benzene rings is 1. The normalized spacial score (nSPS) is 17.5. The van der Waals surface area contributed by atoms with Crippen LogP contribution in [0, 0.1) is 0 Å². The van der Waals surface area contributed by atoms with Crippen molar-refractivity contribution in [3.05, 3.63) is 34.3 Å². The molecule has 1 saturated heterocycles. The van der Waals surface area contributed by atoms with Crippen LogP contribution < -0.4 is 16.0 Å². The van der Waals surface area contributed by atoms with Crippen LogP contribution in [0.25, 0.3) is 0 Å². The first-order chi connectivity index (χ1) is 10.8. The van der Waals surface area contributed by atoms with Crippen LogP contribution in [0.2, 0.25) is 0 Å². The van der Waals surface area contributed by atoms with E-state index in [4.69, 9.17) is 0 Å². The second kappa shape index (κ2) is 14.0. The number of nitrogens with one attached hydrogen (secondary N) is 3. The molecule has 0 spiro atoms. The van der Waals surface area contributed by atoms with Crippen molar-refractivity contribution in [2.45, 2.75) is 0 Å². The van der Waals surface area contributed by atoms with Gasteiger partial charge in [-0.3, -0.25) is 9.69 Å². The van der Waals surface area contributed by atoms with Gasteiger partial charge in [-0.1, -0.05) is 28.1 Å². The fourth-order valence-electron chi connectivity index (χ4n) is 2.40. The zero-order chi connectivity index (χ0) is 15.6. The third-order valence-corrected chi connectivity index (χ3v) is 4.23. The van der Waals surface area contributed by atoms with Crippen LogP contribution in [0.1, 0.15) is 10.4 Å². The van der Waals surface area contributed by atoms with Gasteiger partial charge in [0.1, 0.15) is 0 Å². The van der Waals surface area contributed by atoms with E-state index in [0.29, 0.717) is 6.54 Å². The number of carbonyl (C=O) groups is 1. The van der Waals surface area contributed by atoms with Gasteiger partial charge in [0.25, 0.3) is 0 Å². The minimum absolute atomic E-state index is 0. The largest absolute Gasteiger partial charge is 2.00 e. The Morgan fingerprint density at radius 1 is 0.917 bits per heavy atom. The van der Waals surface area contributed by atoms with E-state index in [1.165, 1.54) is 0 Å². The Hall–Kier alpha value is -0.207. The SMILES string of the molecule is O=C(CN1CCNCCNCCNCC1)c1ccc(Br)cc1.[OH-].[Zn+2]. The molecule has 6 nitrogen and oxygen atoms in total. The predicted octanol–water partition coefficient (Wildman–Crippen LogP) is 0.537. The van der Waals surface area contributed by atoms with Crippen LogP contribution in [0.3, 0.4) is 0 Å². The second-order valence-corrected chi connectivity index (χ2v) is 6.37. The second-order valence-electron chi connectivity index (χ2n) is 5.46. The van der Waals surface area contributed by atoms with E-state index in [1.54, 1.807) is 0 Å². The predicted molar refractivity (Wildman–Crippen MR) is 95.5 cm³/mol. The van der Waals surface area contributed by atoms with Crippen molar-refractivity contribution in [1.82, 2.24) is 20.9 Å². The van der Waals surface area contributed by atoms with Gasteiger partial charge in [-0.25, -0.2) is 0 Å². The maximum Gasteiger partial charge on any atom is 2.00 e. The minimum Gasteiger partial charge on any atom is -0.870 e. The molecule has 1 aliphatic heterocycles. The summed E-state index contributed by atoms with van der Waals surface area (Å²) >= 11 is 3.40. The van der Waals surface area contributed by atoms with E-state index >= 15 is 0 Å². The fraction of sp³-hybridized carbons (Fsp3) is 0.562. The number of halogens is 1. The number of rotatable bonds is 3. The molecule has 0 atom stereocenters. The molecule has 4 N–H and O–H groups in total. The molecule has 8 heteroatoms. The molecule has 0 aliphatic carbocycles. The number of hydrogen-bond donors (Lipinski definition) is 3. The summed E-state index contributed by atoms with van der Waals surface area (Å²) in [6, 6.07) is 7.59. The van der Waals surface area contributed by atoms with Crippen molar-refractivity contribution in [3.63, 3.8) is 0 Å². The fourth-order valence-corrected chi connectivity index (χ4v) is 2.67. The molecule has 130 valence electrons. The first-order valence-electron chi connectivity index (χ1n) is 7.89. The van der Waals surface area contributed by atoms with E-state index in [0.717, 1.165) is 62.4 Å². The van der Waals surface area contributed by atoms with Crippen molar-refractivity contribution in [2.75, 3.05) is 58.9 Å². The zero-order valence-electron chi connectivity index (χ0n) is 14.1. The average molecular weight is 452 g/mol. The summed E-state index contributed by atoms with van der Waals surface area (Å²) in [6.45, 7) is 7.99. The molecule has 0 amide bonds. The van der Waals surface area contributed by atoms with Crippen LogP contribution in [0.5, 0.6) is 0 Å². The Kier molecular flexibility index (Phi) is 13.9. The molecule has 0 bridgehead atoms. The summed E-state index contributed by atoms with van der Waals surface area (Å²) in [7, 11) is 0. The van der Waals surface area contributed by atoms with Crippen molar-refractivity contribution in [1.29, 1.82) is 0 Å². The molecule has 0 saturated carbocycles. The van der Waals surface area contributed by atoms with Crippen LogP contribution >= 0.6 is 15.9 Å². The Bertz CT molecular complexity index is 450. The van der Waals surface area contributed by atoms with Crippen LogP contribution in [-0.4, -0.2) is 75.1 Å². The van der Waals surface area contributed by atoms with E-state index in [1.807, 2.05) is 24.3 Å². The number of carbonyl (C=O) groups excluding carboxylic acids is 1. The van der Waals surface area contributed by atoms with Gasteiger partial charge in [-0.2, -0.15) is 0 Å². The Labute approximate surface area is 165 Å². The van der Waals surface area contributed by atoms with E-state index < -0.39 is 0 Å². The van der Waals surface area contributed by atoms with Gasteiger partial charge in [0.15, 0.2) is 5.78 Å². The summed E-state index contributed by atoms with van der Waals surface area (Å²) in [5.41, 5.74) is 0.777. The van der Waals surface area contributed by atoms with Gasteiger partial charge in [0, 0.05) is 62.4 Å². The zero-order valence-corrected chi connectivity index (χ0v) is 18.6. The summed E-state index contributed by atoms with van der Waals surface area (Å²) in [5.74, 6) is 0.182. The van der Waals surface area contributed by atoms with Gasteiger partial charge in [-0.15, -0.1) is 0 Å². The van der Waals surface area contributed by atoms with Gasteiger partial charge in [0.2, 0.25) is 0 Å². The molecule has 0 radical (unpaired) electrons. The van der Waals surface area contributed by atoms with Gasteiger partial charge < -0.3 is 21.4 Å². The van der Waals surface area contributed by atoms with E-state index in [9.17, 15) is 4.79 Å². The molecular formula is C16H26BrN4O2Zn+. The Morgan fingerprint density at radius 3 is 1.88 bits per heavy atom. The number of hydrogen-bond acceptors (Lipinski definition) is 6. The van der Waals surface area contributed by atoms with Gasteiger partial charge >= 0.3 is 19.5 Å². The Morgan fingerprint density at radius 2 is 1.38 bits per heavy atom. The molecule has 1 aliphatic rings. The standard InChI is InChI=1S/C16H25BrN4O.H2O.Zn/c17-15-3-1-14(2-4-15)16(22)13-21-11-9-19-7-5-18-6-8-20-10-12-21;;/h1-4,18-20H,5-13H2;1H2;/q;;+2/p-1. The summed E-state index contributed by atoms with van der Waals surface area (Å²) < 4.78 is 0.998. The number of ketones is 1. The third kappa shape index (κ3) is 9.32. The first-order valence-corrected chi connectivity index (χ1v) is 8.68. The topological polar surface area (TPSA) is 86.4 Å². The number of Topliss-reactive ketones (excluding diaryl/α,β-unsaturated/α-hetero) is 1. The van der Waals surface area contributed by atoms with Crippen LogP contribution in [-0.2, 0) is 19.5 Å². The summed E-state index contributed by atoms with van der Waals surface area (Å²) in [4.78, 5) is 14.6. The van der Waals surface area contributed by atoms with Crippen molar-refractivity contribution >= 4 is 21.7 Å². The molecule has 2 rings (SSSR count). The van der Waals surface area contributed by atoms with Gasteiger partial charge in [0.05, 0.1) is 6.54 Å². The van der Waals surface area contributed by atoms with E-state index in [-0.39, 0.29) is 30.7 Å². The van der Waals surface area contributed by atoms with Gasteiger partial charge in [-0.05, 0) is 12.1 Å². The van der Waals surface area contributed by atoms with Crippen molar-refractivity contribution in [2.24, 2.45) is 0 Å². The maximum atomic E-state index is 12.4. The molecule has 1 aromatic rings. The monoisotopic (exact) mass is 449 g/mol. The van der Waals surface area contributed by atoms with Crippen LogP contribution in [0.4, 0.5) is 0 Å².